The third-order valence-electron chi connectivity index (χ3n) is 3.07. The highest BCUT2D eigenvalue weighted by molar-refractivity contribution is 5.81. The van der Waals surface area contributed by atoms with E-state index in [1.54, 1.807) is 0 Å². The first-order valence-electron chi connectivity index (χ1n) is 6.29. The van der Waals surface area contributed by atoms with E-state index in [1.165, 1.54) is 7.11 Å². The van der Waals surface area contributed by atoms with E-state index in [4.69, 9.17) is 0 Å². The standard InChI is InChI=1S/C13H25NO3/c1-5-13(2,3)12(16)14-10-8-6-7-9-11(15)17-4/h5-10H2,1-4H3,(H,14,16). The smallest absolute Gasteiger partial charge is 0.305 e. The summed E-state index contributed by atoms with van der Waals surface area (Å²) in [4.78, 5) is 22.5. The molecule has 17 heavy (non-hydrogen) atoms. The third-order valence-corrected chi connectivity index (χ3v) is 3.07. The van der Waals surface area contributed by atoms with Gasteiger partial charge >= 0.3 is 5.97 Å². The number of amides is 1. The monoisotopic (exact) mass is 243 g/mol. The van der Waals surface area contributed by atoms with Crippen LogP contribution in [0, 0.1) is 5.41 Å². The van der Waals surface area contributed by atoms with Crippen LogP contribution < -0.4 is 5.32 Å². The number of methoxy groups -OCH3 is 1. The molecule has 0 aromatic carbocycles. The molecular weight excluding hydrogens is 218 g/mol. The minimum absolute atomic E-state index is 0.105. The van der Waals surface area contributed by atoms with Gasteiger partial charge in [0, 0.05) is 18.4 Å². The molecule has 1 N–H and O–H groups in total. The Morgan fingerprint density at radius 3 is 2.35 bits per heavy atom. The maximum Gasteiger partial charge on any atom is 0.305 e. The lowest BCUT2D eigenvalue weighted by Gasteiger charge is -2.21. The lowest BCUT2D eigenvalue weighted by Crippen LogP contribution is -2.36. The molecule has 4 heteroatoms. The molecule has 0 aromatic heterocycles. The maximum absolute atomic E-state index is 11.7. The van der Waals surface area contributed by atoms with Gasteiger partial charge in [-0.05, 0) is 19.3 Å². The first-order valence-corrected chi connectivity index (χ1v) is 6.29. The molecule has 0 fully saturated rings. The second-order valence-corrected chi connectivity index (χ2v) is 4.88. The van der Waals surface area contributed by atoms with Gasteiger partial charge in [0.25, 0.3) is 0 Å². The minimum Gasteiger partial charge on any atom is -0.469 e. The van der Waals surface area contributed by atoms with Gasteiger partial charge in [0.05, 0.1) is 7.11 Å². The van der Waals surface area contributed by atoms with E-state index in [2.05, 4.69) is 10.1 Å². The van der Waals surface area contributed by atoms with Crippen LogP contribution in [0.3, 0.4) is 0 Å². The highest BCUT2D eigenvalue weighted by Gasteiger charge is 2.24. The van der Waals surface area contributed by atoms with E-state index in [9.17, 15) is 9.59 Å². The summed E-state index contributed by atoms with van der Waals surface area (Å²) in [5.41, 5.74) is -0.286. The van der Waals surface area contributed by atoms with Crippen molar-refractivity contribution < 1.29 is 14.3 Å². The Morgan fingerprint density at radius 1 is 1.18 bits per heavy atom. The summed E-state index contributed by atoms with van der Waals surface area (Å²) in [7, 11) is 1.40. The number of carbonyl (C=O) groups is 2. The van der Waals surface area contributed by atoms with Crippen molar-refractivity contribution in [3.05, 3.63) is 0 Å². The second kappa shape index (κ2) is 8.09. The van der Waals surface area contributed by atoms with E-state index in [0.29, 0.717) is 13.0 Å². The zero-order valence-corrected chi connectivity index (χ0v) is 11.5. The molecule has 0 atom stereocenters. The van der Waals surface area contributed by atoms with Gasteiger partial charge < -0.3 is 10.1 Å². The molecule has 0 saturated carbocycles. The molecule has 0 spiro atoms. The van der Waals surface area contributed by atoms with E-state index in [1.807, 2.05) is 20.8 Å². The Balaban J connectivity index is 3.52. The fourth-order valence-electron chi connectivity index (χ4n) is 1.27. The molecule has 0 rings (SSSR count). The number of hydrogen-bond donors (Lipinski definition) is 1. The first kappa shape index (κ1) is 15.9. The number of rotatable bonds is 8. The summed E-state index contributed by atoms with van der Waals surface area (Å²) >= 11 is 0. The molecule has 0 aromatic rings. The number of carbonyl (C=O) groups excluding carboxylic acids is 2. The predicted molar refractivity (Wildman–Crippen MR) is 67.6 cm³/mol. The van der Waals surface area contributed by atoms with Gasteiger partial charge in [0.1, 0.15) is 0 Å². The molecular formula is C13H25NO3. The van der Waals surface area contributed by atoms with E-state index >= 15 is 0 Å². The zero-order chi connectivity index (χ0) is 13.3. The van der Waals surface area contributed by atoms with Crippen LogP contribution in [0.1, 0.15) is 52.9 Å². The summed E-state index contributed by atoms with van der Waals surface area (Å²) in [5.74, 6) is -0.0610. The second-order valence-electron chi connectivity index (χ2n) is 4.88. The van der Waals surface area contributed by atoms with E-state index in [-0.39, 0.29) is 17.3 Å². The fourth-order valence-corrected chi connectivity index (χ4v) is 1.27. The summed E-state index contributed by atoms with van der Waals surface area (Å²) < 4.78 is 4.55. The van der Waals surface area contributed by atoms with Gasteiger partial charge in [-0.2, -0.15) is 0 Å². The Hall–Kier alpha value is -1.06. The van der Waals surface area contributed by atoms with Crippen LogP contribution in [0.15, 0.2) is 0 Å². The number of ether oxygens (including phenoxy) is 1. The van der Waals surface area contributed by atoms with Crippen LogP contribution in [0.2, 0.25) is 0 Å². The lowest BCUT2D eigenvalue weighted by molar-refractivity contribution is -0.140. The van der Waals surface area contributed by atoms with E-state index in [0.717, 1.165) is 25.7 Å². The van der Waals surface area contributed by atoms with Crippen molar-refractivity contribution in [2.75, 3.05) is 13.7 Å². The molecule has 0 saturated heterocycles. The van der Waals surface area contributed by atoms with Crippen LogP contribution in [0.25, 0.3) is 0 Å². The van der Waals surface area contributed by atoms with Crippen molar-refractivity contribution in [2.24, 2.45) is 5.41 Å². The van der Waals surface area contributed by atoms with Gasteiger partial charge in [0.15, 0.2) is 0 Å². The van der Waals surface area contributed by atoms with Crippen LogP contribution >= 0.6 is 0 Å². The van der Waals surface area contributed by atoms with Crippen molar-refractivity contribution in [1.29, 1.82) is 0 Å². The lowest BCUT2D eigenvalue weighted by atomic mass is 9.89. The van der Waals surface area contributed by atoms with Gasteiger partial charge in [0.2, 0.25) is 5.91 Å². The van der Waals surface area contributed by atoms with Gasteiger partial charge in [-0.3, -0.25) is 9.59 Å². The Kier molecular flexibility index (Phi) is 7.59. The average Bonchev–Trinajstić information content (AvgIpc) is 2.32. The van der Waals surface area contributed by atoms with Gasteiger partial charge in [-0.25, -0.2) is 0 Å². The van der Waals surface area contributed by atoms with Crippen LogP contribution in [0.4, 0.5) is 0 Å². The quantitative estimate of drug-likeness (QED) is 0.525. The SMILES string of the molecule is CCC(C)(C)C(=O)NCCCCCC(=O)OC. The molecule has 0 heterocycles. The zero-order valence-electron chi connectivity index (χ0n) is 11.5. The minimum atomic E-state index is -0.286. The molecule has 0 radical (unpaired) electrons. The first-order chi connectivity index (χ1) is 7.94. The predicted octanol–water partition coefficient (Wildman–Crippen LogP) is 2.27. The van der Waals surface area contributed by atoms with Gasteiger partial charge in [-0.15, -0.1) is 0 Å². The van der Waals surface area contributed by atoms with Crippen molar-refractivity contribution >= 4 is 11.9 Å². The van der Waals surface area contributed by atoms with Crippen LogP contribution in [0.5, 0.6) is 0 Å². The van der Waals surface area contributed by atoms with Crippen LogP contribution in [-0.2, 0) is 14.3 Å². The highest BCUT2D eigenvalue weighted by Crippen LogP contribution is 2.19. The van der Waals surface area contributed by atoms with Crippen molar-refractivity contribution in [3.8, 4) is 0 Å². The van der Waals surface area contributed by atoms with Crippen molar-refractivity contribution in [2.45, 2.75) is 52.9 Å². The van der Waals surface area contributed by atoms with Gasteiger partial charge in [-0.1, -0.05) is 27.2 Å². The largest absolute Gasteiger partial charge is 0.469 e. The number of unbranched alkanes of at least 4 members (excludes halogenated alkanes) is 2. The number of hydrogen-bond acceptors (Lipinski definition) is 3. The summed E-state index contributed by atoms with van der Waals surface area (Å²) in [6, 6.07) is 0. The fraction of sp³-hybridized carbons (Fsp3) is 0.846. The summed E-state index contributed by atoms with van der Waals surface area (Å²) in [6.07, 6.45) is 3.95. The number of esters is 1. The molecule has 4 nitrogen and oxygen atoms in total. The topological polar surface area (TPSA) is 55.4 Å². The maximum atomic E-state index is 11.7. The molecule has 100 valence electrons. The molecule has 0 aliphatic rings. The molecule has 0 aliphatic carbocycles. The van der Waals surface area contributed by atoms with Crippen molar-refractivity contribution in [1.82, 2.24) is 5.32 Å². The van der Waals surface area contributed by atoms with E-state index < -0.39 is 0 Å². The summed E-state index contributed by atoms with van der Waals surface area (Å²) in [6.45, 7) is 6.58. The Labute approximate surface area is 104 Å². The van der Waals surface area contributed by atoms with Crippen molar-refractivity contribution in [3.63, 3.8) is 0 Å². The Morgan fingerprint density at radius 2 is 1.82 bits per heavy atom. The number of nitrogens with one attached hydrogen (secondary N) is 1. The molecule has 0 unspecified atom stereocenters. The summed E-state index contributed by atoms with van der Waals surface area (Å²) in [5, 5.41) is 2.92. The molecule has 1 amide bonds. The normalized spacial score (nSPS) is 11.1. The Bertz CT molecular complexity index is 249. The molecule has 0 bridgehead atoms. The molecule has 0 aliphatic heterocycles. The highest BCUT2D eigenvalue weighted by atomic mass is 16.5. The average molecular weight is 243 g/mol. The third kappa shape index (κ3) is 6.97. The van der Waals surface area contributed by atoms with Crippen LogP contribution in [-0.4, -0.2) is 25.5 Å².